The Morgan fingerprint density at radius 1 is 0.542 bits per heavy atom. The smallest absolute Gasteiger partial charge is 0.403 e. The maximum Gasteiger partial charge on any atom is 0.527 e. The molecule has 2 aliphatic carbocycles. The summed E-state index contributed by atoms with van der Waals surface area (Å²) < 4.78 is 27.6. The highest BCUT2D eigenvalue weighted by atomic mass is 31.2. The summed E-state index contributed by atoms with van der Waals surface area (Å²) in [4.78, 5) is 11.9. The van der Waals surface area contributed by atoms with Gasteiger partial charge in [0.25, 0.3) is 0 Å². The molecule has 6 atom stereocenters. The van der Waals surface area contributed by atoms with Crippen LogP contribution in [0.5, 0.6) is 5.75 Å². The molecule has 5 unspecified atom stereocenters. The van der Waals surface area contributed by atoms with Gasteiger partial charge in [-0.05, 0) is 133 Å². The zero-order valence-electron chi connectivity index (χ0n) is 33.2. The fourth-order valence-corrected chi connectivity index (χ4v) is 11.4. The molecular weight excluding hydrogens is 744 g/mol. The van der Waals surface area contributed by atoms with E-state index < -0.39 is 13.9 Å². The van der Waals surface area contributed by atoms with Gasteiger partial charge < -0.3 is 4.52 Å². The van der Waals surface area contributed by atoms with Gasteiger partial charge in [0.2, 0.25) is 0 Å². The van der Waals surface area contributed by atoms with Crippen LogP contribution in [0.1, 0.15) is 59.1 Å². The van der Waals surface area contributed by atoms with Crippen molar-refractivity contribution in [3.8, 4) is 39.1 Å². The van der Waals surface area contributed by atoms with Gasteiger partial charge in [0.1, 0.15) is 5.75 Å². The molecule has 1 N–H and O–H groups in total. The van der Waals surface area contributed by atoms with Gasteiger partial charge >= 0.3 is 7.82 Å². The maximum atomic E-state index is 14.6. The lowest BCUT2D eigenvalue weighted by molar-refractivity contribution is 0.107. The highest BCUT2D eigenvalue weighted by Gasteiger charge is 2.49. The molecule has 0 fully saturated rings. The monoisotopic (exact) mass is 788 g/mol. The number of phosphoric ester groups is 1. The van der Waals surface area contributed by atoms with Crippen LogP contribution in [0.4, 0.5) is 0 Å². The summed E-state index contributed by atoms with van der Waals surface area (Å²) >= 11 is 0. The Bertz CT molecular complexity index is 3000. The van der Waals surface area contributed by atoms with Gasteiger partial charge in [0.15, 0.2) is 0 Å². The number of benzene rings is 8. The van der Waals surface area contributed by atoms with Gasteiger partial charge in [-0.3, -0.25) is 9.42 Å². The Balaban J connectivity index is 1.10. The molecule has 5 heteroatoms. The third kappa shape index (κ3) is 6.42. The molecule has 8 aromatic carbocycles. The van der Waals surface area contributed by atoms with E-state index in [0.29, 0.717) is 24.0 Å². The van der Waals surface area contributed by atoms with Crippen molar-refractivity contribution in [1.29, 1.82) is 0 Å². The number of rotatable bonds is 4. The lowest BCUT2D eigenvalue weighted by atomic mass is 9.65. The van der Waals surface area contributed by atoms with Gasteiger partial charge in [-0.15, -0.1) is 0 Å². The van der Waals surface area contributed by atoms with Crippen molar-refractivity contribution in [3.05, 3.63) is 197 Å². The summed E-state index contributed by atoms with van der Waals surface area (Å²) in [6, 6.07) is 58.1. The number of hydrogen-bond acceptors (Lipinski definition) is 3. The highest BCUT2D eigenvalue weighted by Crippen LogP contribution is 2.62. The first kappa shape index (κ1) is 36.3. The topological polar surface area (TPSA) is 55.8 Å². The molecule has 0 bridgehead atoms. The van der Waals surface area contributed by atoms with Crippen LogP contribution in [0.3, 0.4) is 0 Å². The second-order valence-corrected chi connectivity index (χ2v) is 18.4. The minimum absolute atomic E-state index is 0.208. The Hall–Kier alpha value is -5.77. The normalized spacial score (nSPS) is 23.3. The fraction of sp³-hybridized carbons (Fsp3) is 0.185. The molecule has 290 valence electrons. The molecule has 8 aromatic rings. The second-order valence-electron chi connectivity index (χ2n) is 17.1. The van der Waals surface area contributed by atoms with Crippen molar-refractivity contribution in [2.75, 3.05) is 0 Å². The zero-order valence-corrected chi connectivity index (χ0v) is 34.1. The first-order valence-corrected chi connectivity index (χ1v) is 22.4. The van der Waals surface area contributed by atoms with E-state index in [9.17, 15) is 9.46 Å². The van der Waals surface area contributed by atoms with Crippen LogP contribution < -0.4 is 4.52 Å². The van der Waals surface area contributed by atoms with Crippen molar-refractivity contribution in [1.82, 2.24) is 0 Å². The van der Waals surface area contributed by atoms with Crippen molar-refractivity contribution >= 4 is 29.4 Å². The predicted octanol–water partition coefficient (Wildman–Crippen LogP) is 13.7. The van der Waals surface area contributed by atoms with Crippen LogP contribution in [0.15, 0.2) is 164 Å². The zero-order chi connectivity index (χ0) is 39.8. The summed E-state index contributed by atoms with van der Waals surface area (Å²) in [5, 5.41) is 4.78. The molecule has 4 nitrogen and oxygen atoms in total. The van der Waals surface area contributed by atoms with E-state index >= 15 is 0 Å². The Morgan fingerprint density at radius 2 is 1.14 bits per heavy atom. The van der Waals surface area contributed by atoms with Gasteiger partial charge in [0.05, 0.1) is 6.10 Å². The van der Waals surface area contributed by atoms with E-state index in [4.69, 9.17) is 9.05 Å². The van der Waals surface area contributed by atoms with E-state index in [1.54, 1.807) is 0 Å². The van der Waals surface area contributed by atoms with E-state index in [1.807, 2.05) is 0 Å². The van der Waals surface area contributed by atoms with E-state index in [-0.39, 0.29) is 11.8 Å². The number of hydrogen-bond donors (Lipinski definition) is 1. The first-order chi connectivity index (χ1) is 28.8. The van der Waals surface area contributed by atoms with Crippen molar-refractivity contribution in [2.24, 2.45) is 11.8 Å². The van der Waals surface area contributed by atoms with Gasteiger partial charge in [-0.2, -0.15) is 0 Å². The molecule has 59 heavy (non-hydrogen) atoms. The van der Waals surface area contributed by atoms with Crippen molar-refractivity contribution in [2.45, 2.75) is 51.0 Å². The summed E-state index contributed by atoms with van der Waals surface area (Å²) in [5.41, 5.74) is 13.2. The van der Waals surface area contributed by atoms with E-state index in [0.717, 1.165) is 62.9 Å². The molecule has 0 spiro atoms. The molecule has 0 saturated carbocycles. The van der Waals surface area contributed by atoms with E-state index in [2.05, 4.69) is 178 Å². The molecule has 3 aliphatic rings. The predicted molar refractivity (Wildman–Crippen MR) is 240 cm³/mol. The molecule has 0 aromatic heterocycles. The average Bonchev–Trinajstić information content (AvgIpc) is 3.39. The third-order valence-corrected chi connectivity index (χ3v) is 14.5. The van der Waals surface area contributed by atoms with Gasteiger partial charge in [-0.25, -0.2) is 4.57 Å². The quantitative estimate of drug-likeness (QED) is 0.181. The van der Waals surface area contributed by atoms with Crippen molar-refractivity contribution in [3.63, 3.8) is 0 Å². The number of phosphoric acid groups is 1. The van der Waals surface area contributed by atoms with Crippen LogP contribution in [0.25, 0.3) is 54.9 Å². The van der Waals surface area contributed by atoms with Gasteiger partial charge in [-0.1, -0.05) is 153 Å². The average molecular weight is 789 g/mol. The van der Waals surface area contributed by atoms with Gasteiger partial charge in [0, 0.05) is 23.0 Å². The van der Waals surface area contributed by atoms with Crippen LogP contribution in [0.2, 0.25) is 0 Å². The lowest BCUT2D eigenvalue weighted by Gasteiger charge is -2.40. The maximum absolute atomic E-state index is 14.6. The van der Waals surface area contributed by atoms with Crippen LogP contribution in [0, 0.1) is 11.8 Å². The molecule has 0 saturated heterocycles. The van der Waals surface area contributed by atoms with Crippen molar-refractivity contribution < 1.29 is 18.5 Å². The summed E-state index contributed by atoms with van der Waals surface area (Å²) in [5.74, 6) is 0.862. The van der Waals surface area contributed by atoms with E-state index in [1.165, 1.54) is 38.2 Å². The Labute approximate surface area is 345 Å². The largest absolute Gasteiger partial charge is 0.527 e. The van der Waals surface area contributed by atoms with Crippen LogP contribution >= 0.6 is 7.82 Å². The Kier molecular flexibility index (Phi) is 8.75. The lowest BCUT2D eigenvalue weighted by Crippen LogP contribution is -2.36. The SMILES string of the molecule is CC1Cc2cc(-c3cccc(-c4ccc5ccccc5c4)c3)c3c(c2CC1C)[C@H]1c2ccccc2CC(c2cccc(-c4ccc5ccccc5c4)c2)C1OP(=O)(O)O3. The molecule has 1 aliphatic heterocycles. The fourth-order valence-electron chi connectivity index (χ4n) is 10.3. The molecule has 0 radical (unpaired) electrons. The Morgan fingerprint density at radius 3 is 1.86 bits per heavy atom. The van der Waals surface area contributed by atoms with Crippen LogP contribution in [-0.2, 0) is 28.4 Å². The minimum atomic E-state index is -4.63. The standard InChI is InChI=1S/C54H45O4P/c1-33-25-46-32-50(44-19-10-17-40(30-44)42-24-22-36-12-4-6-14-38(36)28-42)54-52(48(46)26-34(33)2)51-47-20-8-7-15-45(47)31-49(53(51)57-59(55,56)58-54)43-18-9-16-39(29-43)41-23-21-35-11-3-5-13-37(35)27-41/h3-24,27-30,32-34,49,51,53H,25-26,31H2,1-2H3,(H,55,56)/t33?,34?,49?,51-,53?/m1/s1. The second kappa shape index (κ2) is 14.2. The minimum Gasteiger partial charge on any atom is -0.403 e. The third-order valence-electron chi connectivity index (χ3n) is 13.5. The summed E-state index contributed by atoms with van der Waals surface area (Å²) in [6.45, 7) is 4.68. The van der Waals surface area contributed by atoms with Crippen LogP contribution in [-0.4, -0.2) is 11.0 Å². The molecule has 0 amide bonds. The first-order valence-electron chi connectivity index (χ1n) is 20.9. The molecular formula is C54H45O4P. The molecule has 11 rings (SSSR count). The summed E-state index contributed by atoms with van der Waals surface area (Å²) in [6.07, 6.45) is 1.82. The molecule has 1 heterocycles. The summed E-state index contributed by atoms with van der Waals surface area (Å²) in [7, 11) is -4.63. The number of fused-ring (bicyclic) bond motifs is 9. The highest BCUT2D eigenvalue weighted by molar-refractivity contribution is 7.47.